The second-order valence-corrected chi connectivity index (χ2v) is 9.68. The van der Waals surface area contributed by atoms with E-state index in [2.05, 4.69) is 10.2 Å². The minimum atomic E-state index is -3.76. The molecule has 3 aromatic carbocycles. The third kappa shape index (κ3) is 4.85. The molecular weight excluding hydrogens is 454 g/mol. The smallest absolute Gasteiger partial charge is 0.255 e. The van der Waals surface area contributed by atoms with Crippen LogP contribution < -0.4 is 19.7 Å². The van der Waals surface area contributed by atoms with Gasteiger partial charge in [-0.3, -0.25) is 4.79 Å². The molecule has 3 aromatic rings. The molecule has 9 heteroatoms. The van der Waals surface area contributed by atoms with Crippen LogP contribution in [-0.2, 0) is 10.0 Å². The van der Waals surface area contributed by atoms with Gasteiger partial charge in [0.2, 0.25) is 10.0 Å². The minimum absolute atomic E-state index is 0.0994. The summed E-state index contributed by atoms with van der Waals surface area (Å²) in [5, 5.41) is 2.77. The second kappa shape index (κ2) is 10.1. The van der Waals surface area contributed by atoms with Gasteiger partial charge in [-0.2, -0.15) is 4.31 Å². The lowest BCUT2D eigenvalue weighted by atomic mass is 10.2. The largest absolute Gasteiger partial charge is 0.495 e. The third-order valence-corrected chi connectivity index (χ3v) is 7.65. The van der Waals surface area contributed by atoms with Crippen molar-refractivity contribution >= 4 is 27.3 Å². The lowest BCUT2D eigenvalue weighted by Crippen LogP contribution is -2.48. The SMILES string of the molecule is COc1ccc(S(=O)(=O)N2CCN(c3ccccc3OC)CC2)cc1NC(=O)c1ccccc1. The molecule has 178 valence electrons. The number of amides is 1. The van der Waals surface area contributed by atoms with Gasteiger partial charge < -0.3 is 19.7 Å². The number of ether oxygens (including phenoxy) is 2. The molecule has 1 amide bonds. The van der Waals surface area contributed by atoms with E-state index in [1.165, 1.54) is 23.5 Å². The summed E-state index contributed by atoms with van der Waals surface area (Å²) in [6.07, 6.45) is 0. The molecule has 1 N–H and O–H groups in total. The van der Waals surface area contributed by atoms with E-state index < -0.39 is 10.0 Å². The Labute approximate surface area is 199 Å². The molecule has 1 aliphatic heterocycles. The summed E-state index contributed by atoms with van der Waals surface area (Å²) in [5.74, 6) is 0.788. The standard InChI is InChI=1S/C25H27N3O5S/c1-32-23-13-12-20(18-21(23)26-25(29)19-8-4-3-5-9-19)34(30,31)28-16-14-27(15-17-28)22-10-6-7-11-24(22)33-2/h3-13,18H,14-17H2,1-2H3,(H,26,29). The quantitative estimate of drug-likeness (QED) is 0.556. The molecule has 0 atom stereocenters. The molecule has 1 fully saturated rings. The van der Waals surface area contributed by atoms with Crippen molar-refractivity contribution in [3.8, 4) is 11.5 Å². The molecule has 34 heavy (non-hydrogen) atoms. The second-order valence-electron chi connectivity index (χ2n) is 7.75. The molecule has 8 nitrogen and oxygen atoms in total. The normalized spacial score (nSPS) is 14.5. The number of hydrogen-bond donors (Lipinski definition) is 1. The number of nitrogens with one attached hydrogen (secondary N) is 1. The first kappa shape index (κ1) is 23.6. The van der Waals surface area contributed by atoms with Gasteiger partial charge in [0, 0.05) is 31.7 Å². The highest BCUT2D eigenvalue weighted by Gasteiger charge is 2.30. The number of para-hydroxylation sites is 2. The Morgan fingerprint density at radius 2 is 1.47 bits per heavy atom. The van der Waals surface area contributed by atoms with Crippen molar-refractivity contribution in [3.63, 3.8) is 0 Å². The number of sulfonamides is 1. The van der Waals surface area contributed by atoms with Crippen molar-refractivity contribution in [2.75, 3.05) is 50.6 Å². The van der Waals surface area contributed by atoms with Crippen LogP contribution in [0, 0.1) is 0 Å². The maximum Gasteiger partial charge on any atom is 0.255 e. The average Bonchev–Trinajstić information content (AvgIpc) is 2.89. The summed E-state index contributed by atoms with van der Waals surface area (Å²) >= 11 is 0. The zero-order valence-electron chi connectivity index (χ0n) is 19.1. The Morgan fingerprint density at radius 3 is 2.15 bits per heavy atom. The predicted octanol–water partition coefficient (Wildman–Crippen LogP) is 3.47. The van der Waals surface area contributed by atoms with Crippen LogP contribution in [0.15, 0.2) is 77.7 Å². The average molecular weight is 482 g/mol. The van der Waals surface area contributed by atoms with Crippen LogP contribution in [0.5, 0.6) is 11.5 Å². The zero-order chi connectivity index (χ0) is 24.1. The molecular formula is C25H27N3O5S. The van der Waals surface area contributed by atoms with Crippen molar-refractivity contribution in [1.29, 1.82) is 0 Å². The minimum Gasteiger partial charge on any atom is -0.495 e. The van der Waals surface area contributed by atoms with Gasteiger partial charge in [-0.05, 0) is 42.5 Å². The monoisotopic (exact) mass is 481 g/mol. The van der Waals surface area contributed by atoms with Crippen LogP contribution >= 0.6 is 0 Å². The molecule has 1 aliphatic rings. The van der Waals surface area contributed by atoms with Gasteiger partial charge in [0.05, 0.1) is 30.5 Å². The van der Waals surface area contributed by atoms with Gasteiger partial charge in [0.25, 0.3) is 5.91 Å². The highest BCUT2D eigenvalue weighted by Crippen LogP contribution is 2.32. The summed E-state index contributed by atoms with van der Waals surface area (Å²) in [4.78, 5) is 14.8. The molecule has 0 spiro atoms. The van der Waals surface area contributed by atoms with E-state index in [0.717, 1.165) is 11.4 Å². The van der Waals surface area contributed by atoms with Gasteiger partial charge in [-0.25, -0.2) is 8.42 Å². The van der Waals surface area contributed by atoms with Crippen LogP contribution in [0.4, 0.5) is 11.4 Å². The number of methoxy groups -OCH3 is 2. The Hall–Kier alpha value is -3.56. The lowest BCUT2D eigenvalue weighted by Gasteiger charge is -2.36. The van der Waals surface area contributed by atoms with Gasteiger partial charge in [-0.15, -0.1) is 0 Å². The first-order chi connectivity index (χ1) is 16.4. The summed E-state index contributed by atoms with van der Waals surface area (Å²) in [6, 6.07) is 20.9. The van der Waals surface area contributed by atoms with E-state index in [1.807, 2.05) is 30.3 Å². The predicted molar refractivity (Wildman–Crippen MR) is 131 cm³/mol. The summed E-state index contributed by atoms with van der Waals surface area (Å²) in [5.41, 5.74) is 1.70. The molecule has 1 heterocycles. The number of hydrogen-bond acceptors (Lipinski definition) is 6. The Morgan fingerprint density at radius 1 is 0.824 bits per heavy atom. The lowest BCUT2D eigenvalue weighted by molar-refractivity contribution is 0.102. The van der Waals surface area contributed by atoms with E-state index in [-0.39, 0.29) is 10.8 Å². The maximum absolute atomic E-state index is 13.4. The Balaban J connectivity index is 1.52. The van der Waals surface area contributed by atoms with Crippen LogP contribution in [0.2, 0.25) is 0 Å². The fraction of sp³-hybridized carbons (Fsp3) is 0.240. The number of benzene rings is 3. The van der Waals surface area contributed by atoms with Crippen LogP contribution in [0.3, 0.4) is 0 Å². The van der Waals surface area contributed by atoms with Crippen molar-refractivity contribution < 1.29 is 22.7 Å². The van der Waals surface area contributed by atoms with E-state index in [0.29, 0.717) is 43.2 Å². The maximum atomic E-state index is 13.4. The number of rotatable bonds is 7. The van der Waals surface area contributed by atoms with Crippen molar-refractivity contribution in [2.45, 2.75) is 4.90 Å². The number of piperazine rings is 1. The van der Waals surface area contributed by atoms with Crippen molar-refractivity contribution in [1.82, 2.24) is 4.31 Å². The Bertz CT molecular complexity index is 1260. The summed E-state index contributed by atoms with van der Waals surface area (Å²) < 4.78 is 39.0. The highest BCUT2D eigenvalue weighted by molar-refractivity contribution is 7.89. The van der Waals surface area contributed by atoms with E-state index in [4.69, 9.17) is 9.47 Å². The Kier molecular flexibility index (Phi) is 7.04. The van der Waals surface area contributed by atoms with Crippen LogP contribution in [-0.4, -0.2) is 59.0 Å². The number of anilines is 2. The first-order valence-electron chi connectivity index (χ1n) is 10.9. The van der Waals surface area contributed by atoms with Crippen molar-refractivity contribution in [2.24, 2.45) is 0 Å². The molecule has 1 saturated heterocycles. The van der Waals surface area contributed by atoms with Crippen LogP contribution in [0.25, 0.3) is 0 Å². The number of carbonyl (C=O) groups is 1. The highest BCUT2D eigenvalue weighted by atomic mass is 32.2. The topological polar surface area (TPSA) is 88.2 Å². The fourth-order valence-corrected chi connectivity index (χ4v) is 5.39. The first-order valence-corrected chi connectivity index (χ1v) is 12.3. The molecule has 0 saturated carbocycles. The van der Waals surface area contributed by atoms with E-state index >= 15 is 0 Å². The number of carbonyl (C=O) groups excluding carboxylic acids is 1. The van der Waals surface area contributed by atoms with Crippen molar-refractivity contribution in [3.05, 3.63) is 78.4 Å². The fourth-order valence-electron chi connectivity index (χ4n) is 3.94. The molecule has 0 aromatic heterocycles. The zero-order valence-corrected chi connectivity index (χ0v) is 19.9. The summed E-state index contributed by atoms with van der Waals surface area (Å²) in [6.45, 7) is 1.73. The molecule has 0 unspecified atom stereocenters. The molecule has 0 radical (unpaired) electrons. The third-order valence-electron chi connectivity index (χ3n) is 5.76. The van der Waals surface area contributed by atoms with Gasteiger partial charge in [0.15, 0.2) is 0 Å². The van der Waals surface area contributed by atoms with E-state index in [1.54, 1.807) is 37.4 Å². The summed E-state index contributed by atoms with van der Waals surface area (Å²) in [7, 11) is -0.669. The van der Waals surface area contributed by atoms with Gasteiger partial charge >= 0.3 is 0 Å². The van der Waals surface area contributed by atoms with E-state index in [9.17, 15) is 13.2 Å². The molecule has 0 bridgehead atoms. The molecule has 4 rings (SSSR count). The van der Waals surface area contributed by atoms with Gasteiger partial charge in [0.1, 0.15) is 11.5 Å². The van der Waals surface area contributed by atoms with Gasteiger partial charge in [-0.1, -0.05) is 30.3 Å². The molecule has 0 aliphatic carbocycles. The number of nitrogens with zero attached hydrogens (tertiary/aromatic N) is 2. The van der Waals surface area contributed by atoms with Crippen LogP contribution in [0.1, 0.15) is 10.4 Å².